The number of ether oxygens (including phenoxy) is 1. The first-order chi connectivity index (χ1) is 10.1. The summed E-state index contributed by atoms with van der Waals surface area (Å²) < 4.78 is 5.46. The Balaban J connectivity index is 2.06. The Morgan fingerprint density at radius 1 is 1.05 bits per heavy atom. The van der Waals surface area contributed by atoms with E-state index in [1.807, 2.05) is 48.5 Å². The molecule has 106 valence electrons. The van der Waals surface area contributed by atoms with Crippen molar-refractivity contribution in [3.63, 3.8) is 0 Å². The average molecular weight is 281 g/mol. The molecule has 1 aliphatic carbocycles. The lowest BCUT2D eigenvalue weighted by Gasteiger charge is -2.27. The fourth-order valence-corrected chi connectivity index (χ4v) is 3.45. The van der Waals surface area contributed by atoms with Gasteiger partial charge in [-0.1, -0.05) is 48.5 Å². The Kier molecular flexibility index (Phi) is 2.41. The molecule has 1 fully saturated rings. The van der Waals surface area contributed by atoms with E-state index in [1.165, 1.54) is 0 Å². The fraction of sp³-hybridized carbons (Fsp3) is 0.235. The van der Waals surface area contributed by atoms with Crippen LogP contribution < -0.4 is 5.32 Å². The normalized spacial score (nSPS) is 29.5. The van der Waals surface area contributed by atoms with Gasteiger partial charge >= 0.3 is 6.09 Å². The number of hydrogen-bond acceptors (Lipinski definition) is 3. The lowest BCUT2D eigenvalue weighted by molar-refractivity contribution is 0.0981. The molecule has 0 aromatic heterocycles. The zero-order chi connectivity index (χ0) is 14.6. The highest BCUT2D eigenvalue weighted by molar-refractivity contribution is 5.72. The van der Waals surface area contributed by atoms with E-state index in [-0.39, 0.29) is 6.04 Å². The molecule has 1 heterocycles. The summed E-state index contributed by atoms with van der Waals surface area (Å²) in [5, 5.41) is 14.0. The Hall–Kier alpha value is -2.33. The highest BCUT2D eigenvalue weighted by atomic mass is 16.6. The number of rotatable bonds is 0. The summed E-state index contributed by atoms with van der Waals surface area (Å²) in [6.45, 7) is 1.79. The maximum atomic E-state index is 11.7. The van der Waals surface area contributed by atoms with Crippen molar-refractivity contribution in [3.8, 4) is 0 Å². The first-order valence-corrected chi connectivity index (χ1v) is 6.97. The van der Waals surface area contributed by atoms with Crippen LogP contribution >= 0.6 is 0 Å². The van der Waals surface area contributed by atoms with E-state index in [1.54, 1.807) is 6.92 Å². The van der Waals surface area contributed by atoms with Crippen molar-refractivity contribution in [1.82, 2.24) is 5.32 Å². The molecule has 0 spiro atoms. The number of amides is 1. The molecule has 1 unspecified atom stereocenters. The van der Waals surface area contributed by atoms with E-state index < -0.39 is 17.8 Å². The molecule has 2 aliphatic rings. The van der Waals surface area contributed by atoms with Crippen LogP contribution in [0.5, 0.6) is 0 Å². The smallest absolute Gasteiger partial charge is 0.408 e. The minimum Gasteiger partial charge on any atom is -0.439 e. The van der Waals surface area contributed by atoms with Crippen LogP contribution in [0.3, 0.4) is 0 Å². The molecule has 2 aromatic carbocycles. The van der Waals surface area contributed by atoms with E-state index >= 15 is 0 Å². The van der Waals surface area contributed by atoms with Crippen molar-refractivity contribution in [3.05, 3.63) is 70.8 Å². The van der Waals surface area contributed by atoms with Gasteiger partial charge in [-0.3, -0.25) is 0 Å². The average Bonchev–Trinajstić information content (AvgIpc) is 2.86. The van der Waals surface area contributed by atoms with Gasteiger partial charge < -0.3 is 15.2 Å². The molecule has 1 saturated heterocycles. The molecular formula is C17H15NO3. The molecule has 3 atom stereocenters. The van der Waals surface area contributed by atoms with Crippen molar-refractivity contribution >= 4 is 6.09 Å². The van der Waals surface area contributed by atoms with Gasteiger partial charge in [0, 0.05) is 5.56 Å². The Morgan fingerprint density at radius 3 is 2.33 bits per heavy atom. The van der Waals surface area contributed by atoms with Crippen LogP contribution in [0, 0.1) is 0 Å². The minimum absolute atomic E-state index is 0.274. The molecule has 4 heteroatoms. The summed E-state index contributed by atoms with van der Waals surface area (Å²) in [5.41, 5.74) is 2.21. The number of carbonyl (C=O) groups is 1. The fourth-order valence-electron chi connectivity index (χ4n) is 3.45. The SMILES string of the molecule is CC1(O)c2ccccc2[C@H]2NC(=O)O[C@H]2c2ccccc21. The van der Waals surface area contributed by atoms with Gasteiger partial charge in [0.2, 0.25) is 0 Å². The molecule has 1 aliphatic heterocycles. The molecular weight excluding hydrogens is 266 g/mol. The van der Waals surface area contributed by atoms with Crippen molar-refractivity contribution in [1.29, 1.82) is 0 Å². The van der Waals surface area contributed by atoms with Crippen LogP contribution in [-0.4, -0.2) is 11.2 Å². The number of benzene rings is 2. The van der Waals surface area contributed by atoms with Gasteiger partial charge in [-0.15, -0.1) is 0 Å². The summed E-state index contributed by atoms with van der Waals surface area (Å²) in [6.07, 6.45) is -0.833. The third kappa shape index (κ3) is 1.63. The van der Waals surface area contributed by atoms with E-state index in [4.69, 9.17) is 4.74 Å². The molecule has 0 bridgehead atoms. The molecule has 2 aromatic rings. The third-order valence-corrected chi connectivity index (χ3v) is 4.42. The summed E-state index contributed by atoms with van der Waals surface area (Å²) >= 11 is 0. The summed E-state index contributed by atoms with van der Waals surface area (Å²) in [7, 11) is 0. The Morgan fingerprint density at radius 2 is 1.62 bits per heavy atom. The topological polar surface area (TPSA) is 58.6 Å². The summed E-state index contributed by atoms with van der Waals surface area (Å²) in [5.74, 6) is 0. The van der Waals surface area contributed by atoms with Crippen molar-refractivity contribution in [2.75, 3.05) is 0 Å². The van der Waals surface area contributed by atoms with Crippen molar-refractivity contribution < 1.29 is 14.6 Å². The van der Waals surface area contributed by atoms with Gasteiger partial charge in [0.1, 0.15) is 5.60 Å². The van der Waals surface area contributed by atoms with Crippen LogP contribution in [0.4, 0.5) is 4.79 Å². The van der Waals surface area contributed by atoms with Crippen molar-refractivity contribution in [2.24, 2.45) is 0 Å². The summed E-state index contributed by atoms with van der Waals surface area (Å²) in [4.78, 5) is 11.7. The van der Waals surface area contributed by atoms with Crippen LogP contribution in [0.25, 0.3) is 0 Å². The standard InChI is InChI=1S/C17H15NO3/c1-17(20)12-8-4-2-6-10(12)14-15(21-16(19)18-14)11-7-3-5-9-13(11)17/h2-9,14-15,20H,1H3,(H,18,19)/t14-,15+,17?/m1/s1. The number of nitrogens with one attached hydrogen (secondary N) is 1. The second kappa shape index (κ2) is 4.09. The van der Waals surface area contributed by atoms with Crippen LogP contribution in [0.2, 0.25) is 0 Å². The lowest BCUT2D eigenvalue weighted by Crippen LogP contribution is -2.26. The zero-order valence-electron chi connectivity index (χ0n) is 11.5. The largest absolute Gasteiger partial charge is 0.439 e. The van der Waals surface area contributed by atoms with Crippen LogP contribution in [0.1, 0.15) is 41.3 Å². The highest BCUT2D eigenvalue weighted by Gasteiger charge is 2.45. The van der Waals surface area contributed by atoms with Crippen LogP contribution in [-0.2, 0) is 10.3 Å². The van der Waals surface area contributed by atoms with Gasteiger partial charge in [0.05, 0.1) is 6.04 Å². The van der Waals surface area contributed by atoms with E-state index in [2.05, 4.69) is 5.32 Å². The molecule has 4 nitrogen and oxygen atoms in total. The second-order valence-electron chi connectivity index (χ2n) is 5.69. The first-order valence-electron chi connectivity index (χ1n) is 6.97. The lowest BCUT2D eigenvalue weighted by atomic mass is 9.85. The molecule has 0 saturated carbocycles. The van der Waals surface area contributed by atoms with Crippen molar-refractivity contribution in [2.45, 2.75) is 24.7 Å². The Bertz CT molecular complexity index is 679. The Labute approximate surface area is 122 Å². The van der Waals surface area contributed by atoms with E-state index in [0.29, 0.717) is 0 Å². The highest BCUT2D eigenvalue weighted by Crippen LogP contribution is 2.48. The molecule has 2 N–H and O–H groups in total. The molecule has 0 radical (unpaired) electrons. The predicted molar refractivity (Wildman–Crippen MR) is 76.7 cm³/mol. The molecule has 4 rings (SSSR count). The maximum absolute atomic E-state index is 11.7. The predicted octanol–water partition coefficient (Wildman–Crippen LogP) is 2.78. The number of hydrogen-bond donors (Lipinski definition) is 2. The van der Waals surface area contributed by atoms with Crippen LogP contribution in [0.15, 0.2) is 48.5 Å². The van der Waals surface area contributed by atoms with Gasteiger partial charge in [-0.25, -0.2) is 4.79 Å². The molecule has 1 amide bonds. The number of carbonyl (C=O) groups excluding carboxylic acids is 1. The first kappa shape index (κ1) is 12.4. The maximum Gasteiger partial charge on any atom is 0.408 e. The van der Waals surface area contributed by atoms with E-state index in [9.17, 15) is 9.90 Å². The van der Waals surface area contributed by atoms with Gasteiger partial charge in [-0.2, -0.15) is 0 Å². The quantitative estimate of drug-likeness (QED) is 0.780. The number of fused-ring (bicyclic) bond motifs is 5. The van der Waals surface area contributed by atoms with E-state index in [0.717, 1.165) is 22.3 Å². The number of aliphatic hydroxyl groups is 1. The van der Waals surface area contributed by atoms with Gasteiger partial charge in [-0.05, 0) is 23.6 Å². The third-order valence-electron chi connectivity index (χ3n) is 4.42. The van der Waals surface area contributed by atoms with Gasteiger partial charge in [0.15, 0.2) is 6.10 Å². The monoisotopic (exact) mass is 281 g/mol. The molecule has 21 heavy (non-hydrogen) atoms. The second-order valence-corrected chi connectivity index (χ2v) is 5.69. The zero-order valence-corrected chi connectivity index (χ0v) is 11.5. The summed E-state index contributed by atoms with van der Waals surface area (Å²) in [6, 6.07) is 15.0. The minimum atomic E-state index is -1.12. The number of alkyl carbamates (subject to hydrolysis) is 1. The van der Waals surface area contributed by atoms with Gasteiger partial charge in [0.25, 0.3) is 0 Å².